The molecule has 2 aliphatic heterocycles. The Bertz CT molecular complexity index is 258. The van der Waals surface area contributed by atoms with E-state index in [9.17, 15) is 0 Å². The van der Waals surface area contributed by atoms with E-state index >= 15 is 0 Å². The van der Waals surface area contributed by atoms with Gasteiger partial charge in [0.2, 0.25) is 0 Å². The molecular formula is C15H30N2O3. The van der Waals surface area contributed by atoms with Crippen molar-refractivity contribution >= 4 is 0 Å². The molecule has 2 atom stereocenters. The van der Waals surface area contributed by atoms with Crippen molar-refractivity contribution in [1.82, 2.24) is 5.43 Å². The highest BCUT2D eigenvalue weighted by molar-refractivity contribution is 4.94. The van der Waals surface area contributed by atoms with Crippen LogP contribution in [-0.4, -0.2) is 44.2 Å². The Morgan fingerprint density at radius 3 is 2.75 bits per heavy atom. The summed E-state index contributed by atoms with van der Waals surface area (Å²) < 4.78 is 17.3. The van der Waals surface area contributed by atoms with Gasteiger partial charge in [0, 0.05) is 39.3 Å². The minimum Gasteiger partial charge on any atom is -0.381 e. The van der Waals surface area contributed by atoms with Gasteiger partial charge in [-0.05, 0) is 39.0 Å². The Kier molecular flexibility index (Phi) is 6.71. The van der Waals surface area contributed by atoms with E-state index in [4.69, 9.17) is 20.1 Å². The van der Waals surface area contributed by atoms with Gasteiger partial charge >= 0.3 is 0 Å². The quantitative estimate of drug-likeness (QED) is 0.526. The van der Waals surface area contributed by atoms with Crippen molar-refractivity contribution < 1.29 is 14.2 Å². The molecule has 0 aromatic carbocycles. The van der Waals surface area contributed by atoms with Crippen molar-refractivity contribution in [2.24, 2.45) is 5.84 Å². The van der Waals surface area contributed by atoms with Crippen LogP contribution >= 0.6 is 0 Å². The standard InChI is InChI=1S/C15H30N2O3/c1-2-20-15(8-11-18-12-9-15)14(17-16)7-3-5-13-6-4-10-19-13/h13-14,17H,2-12,16H2,1H3. The number of hydrogen-bond acceptors (Lipinski definition) is 5. The summed E-state index contributed by atoms with van der Waals surface area (Å²) in [6.07, 6.45) is 8.05. The minimum absolute atomic E-state index is 0.154. The van der Waals surface area contributed by atoms with E-state index < -0.39 is 0 Å². The van der Waals surface area contributed by atoms with Crippen molar-refractivity contribution in [3.63, 3.8) is 0 Å². The molecule has 2 heterocycles. The molecule has 5 heteroatoms. The zero-order chi connectivity index (χ0) is 14.3. The Morgan fingerprint density at radius 1 is 1.35 bits per heavy atom. The smallest absolute Gasteiger partial charge is 0.0891 e. The van der Waals surface area contributed by atoms with Gasteiger partial charge in [0.05, 0.1) is 17.7 Å². The summed E-state index contributed by atoms with van der Waals surface area (Å²) in [5, 5.41) is 0. The molecule has 0 aromatic heterocycles. The minimum atomic E-state index is -0.154. The fraction of sp³-hybridized carbons (Fsp3) is 1.00. The maximum absolute atomic E-state index is 6.09. The van der Waals surface area contributed by atoms with Gasteiger partial charge < -0.3 is 14.2 Å². The number of hydrogen-bond donors (Lipinski definition) is 2. The van der Waals surface area contributed by atoms with Gasteiger partial charge in [0.15, 0.2) is 0 Å². The SMILES string of the molecule is CCOC1(C(CCCC2CCCO2)NN)CCOCC1. The Morgan fingerprint density at radius 2 is 2.15 bits per heavy atom. The molecule has 3 N–H and O–H groups in total. The molecule has 5 nitrogen and oxygen atoms in total. The van der Waals surface area contributed by atoms with Gasteiger partial charge in [0.25, 0.3) is 0 Å². The Hall–Kier alpha value is -0.200. The van der Waals surface area contributed by atoms with Gasteiger partial charge in [-0.15, -0.1) is 0 Å². The largest absolute Gasteiger partial charge is 0.381 e. The van der Waals surface area contributed by atoms with E-state index in [-0.39, 0.29) is 11.6 Å². The molecule has 2 saturated heterocycles. The first kappa shape index (κ1) is 16.2. The van der Waals surface area contributed by atoms with Gasteiger partial charge in [0.1, 0.15) is 0 Å². The molecule has 2 rings (SSSR count). The molecule has 118 valence electrons. The predicted octanol–water partition coefficient (Wildman–Crippen LogP) is 1.75. The third-order valence-corrected chi connectivity index (χ3v) is 4.65. The number of nitrogens with two attached hydrogens (primary N) is 1. The van der Waals surface area contributed by atoms with Gasteiger partial charge in [-0.1, -0.05) is 0 Å². The molecule has 0 bridgehead atoms. The maximum atomic E-state index is 6.09. The van der Waals surface area contributed by atoms with Crippen LogP contribution in [0.2, 0.25) is 0 Å². The second kappa shape index (κ2) is 8.29. The van der Waals surface area contributed by atoms with E-state index in [0.717, 1.165) is 58.5 Å². The van der Waals surface area contributed by atoms with Crippen LogP contribution in [-0.2, 0) is 14.2 Å². The third-order valence-electron chi connectivity index (χ3n) is 4.65. The summed E-state index contributed by atoms with van der Waals surface area (Å²) in [6, 6.07) is 0.202. The summed E-state index contributed by atoms with van der Waals surface area (Å²) in [4.78, 5) is 0. The summed E-state index contributed by atoms with van der Waals surface area (Å²) in [6.45, 7) is 5.25. The van der Waals surface area contributed by atoms with Crippen molar-refractivity contribution in [3.05, 3.63) is 0 Å². The lowest BCUT2D eigenvalue weighted by atomic mass is 9.83. The van der Waals surface area contributed by atoms with Crippen molar-refractivity contribution in [1.29, 1.82) is 0 Å². The average Bonchev–Trinajstić information content (AvgIpc) is 2.98. The number of rotatable bonds is 8. The second-order valence-electron chi connectivity index (χ2n) is 5.90. The zero-order valence-electron chi connectivity index (χ0n) is 12.7. The summed E-state index contributed by atoms with van der Waals surface area (Å²) in [7, 11) is 0. The van der Waals surface area contributed by atoms with Gasteiger partial charge in [-0.3, -0.25) is 11.3 Å². The first-order chi connectivity index (χ1) is 9.80. The van der Waals surface area contributed by atoms with Gasteiger partial charge in [-0.25, -0.2) is 0 Å². The topological polar surface area (TPSA) is 65.7 Å². The molecule has 0 saturated carbocycles. The maximum Gasteiger partial charge on any atom is 0.0891 e. The fourth-order valence-electron chi connectivity index (χ4n) is 3.52. The van der Waals surface area contributed by atoms with E-state index in [1.165, 1.54) is 12.8 Å². The van der Waals surface area contributed by atoms with Crippen LogP contribution in [0.5, 0.6) is 0 Å². The van der Waals surface area contributed by atoms with Crippen LogP contribution in [0, 0.1) is 0 Å². The molecule has 20 heavy (non-hydrogen) atoms. The molecule has 0 aliphatic carbocycles. The second-order valence-corrected chi connectivity index (χ2v) is 5.90. The highest BCUT2D eigenvalue weighted by Gasteiger charge is 2.40. The van der Waals surface area contributed by atoms with Crippen molar-refractivity contribution in [3.8, 4) is 0 Å². The van der Waals surface area contributed by atoms with Crippen LogP contribution in [0.3, 0.4) is 0 Å². The van der Waals surface area contributed by atoms with Crippen molar-refractivity contribution in [2.75, 3.05) is 26.4 Å². The molecule has 2 aliphatic rings. The van der Waals surface area contributed by atoms with E-state index in [1.54, 1.807) is 0 Å². The lowest BCUT2D eigenvalue weighted by Gasteiger charge is -2.43. The fourth-order valence-corrected chi connectivity index (χ4v) is 3.52. The summed E-state index contributed by atoms with van der Waals surface area (Å²) >= 11 is 0. The summed E-state index contributed by atoms with van der Waals surface area (Å²) in [5.74, 6) is 5.81. The Labute approximate surface area is 122 Å². The normalized spacial score (nSPS) is 27.6. The highest BCUT2D eigenvalue weighted by atomic mass is 16.5. The van der Waals surface area contributed by atoms with Crippen LogP contribution in [0.25, 0.3) is 0 Å². The van der Waals surface area contributed by atoms with Crippen LogP contribution in [0.4, 0.5) is 0 Å². The Balaban J connectivity index is 1.83. The molecule has 0 amide bonds. The first-order valence-electron chi connectivity index (χ1n) is 8.10. The zero-order valence-corrected chi connectivity index (χ0v) is 12.7. The molecule has 0 aromatic rings. The van der Waals surface area contributed by atoms with Gasteiger partial charge in [-0.2, -0.15) is 0 Å². The number of nitrogens with one attached hydrogen (secondary N) is 1. The molecule has 0 radical (unpaired) electrons. The molecular weight excluding hydrogens is 256 g/mol. The van der Waals surface area contributed by atoms with Crippen LogP contribution in [0.1, 0.15) is 51.9 Å². The monoisotopic (exact) mass is 286 g/mol. The predicted molar refractivity (Wildman–Crippen MR) is 78.3 cm³/mol. The third kappa shape index (κ3) is 4.15. The highest BCUT2D eigenvalue weighted by Crippen LogP contribution is 2.31. The average molecular weight is 286 g/mol. The lowest BCUT2D eigenvalue weighted by Crippen LogP contribution is -2.57. The van der Waals surface area contributed by atoms with Crippen LogP contribution in [0.15, 0.2) is 0 Å². The molecule has 0 spiro atoms. The number of ether oxygens (including phenoxy) is 3. The molecule has 2 unspecified atom stereocenters. The van der Waals surface area contributed by atoms with E-state index in [2.05, 4.69) is 12.3 Å². The molecule has 2 fully saturated rings. The summed E-state index contributed by atoms with van der Waals surface area (Å²) in [5.41, 5.74) is 2.85. The van der Waals surface area contributed by atoms with Crippen LogP contribution < -0.4 is 11.3 Å². The first-order valence-corrected chi connectivity index (χ1v) is 8.10. The van der Waals surface area contributed by atoms with E-state index in [0.29, 0.717) is 6.10 Å². The number of hydrazine groups is 1. The lowest BCUT2D eigenvalue weighted by molar-refractivity contribution is -0.128. The van der Waals surface area contributed by atoms with Crippen molar-refractivity contribution in [2.45, 2.75) is 69.6 Å². The van der Waals surface area contributed by atoms with E-state index in [1.807, 2.05) is 0 Å².